The average Bonchev–Trinajstić information content (AvgIpc) is 2.82. The highest BCUT2D eigenvalue weighted by Crippen LogP contribution is 2.25. The van der Waals surface area contributed by atoms with Crippen LogP contribution in [0.4, 0.5) is 17.5 Å². The van der Waals surface area contributed by atoms with Gasteiger partial charge in [-0.25, -0.2) is 9.97 Å². The molecular formula is C25H27N7. The number of nitrogens with zero attached hydrogens (tertiary/aromatic N) is 6. The number of anilines is 3. The van der Waals surface area contributed by atoms with E-state index in [0.717, 1.165) is 38.4 Å². The number of piperazine rings is 1. The van der Waals surface area contributed by atoms with Gasteiger partial charge in [-0.3, -0.25) is 4.90 Å². The number of hydrogen-bond acceptors (Lipinski definition) is 7. The van der Waals surface area contributed by atoms with Gasteiger partial charge >= 0.3 is 0 Å². The fraction of sp³-hybridized carbons (Fsp3) is 0.280. The van der Waals surface area contributed by atoms with E-state index in [1.54, 1.807) is 12.4 Å². The average molecular weight is 426 g/mol. The molecule has 1 aliphatic rings. The van der Waals surface area contributed by atoms with Gasteiger partial charge in [-0.05, 0) is 42.7 Å². The highest BCUT2D eigenvalue weighted by atomic mass is 15.3. The first-order chi connectivity index (χ1) is 15.7. The summed E-state index contributed by atoms with van der Waals surface area (Å²) in [6.07, 6.45) is 3.36. The second-order valence-corrected chi connectivity index (χ2v) is 8.27. The predicted molar refractivity (Wildman–Crippen MR) is 128 cm³/mol. The van der Waals surface area contributed by atoms with Crippen LogP contribution in [0.15, 0.2) is 60.9 Å². The zero-order chi connectivity index (χ0) is 21.9. The lowest BCUT2D eigenvalue weighted by atomic mass is 10.1. The molecule has 7 nitrogen and oxygen atoms in total. The van der Waals surface area contributed by atoms with E-state index in [2.05, 4.69) is 87.5 Å². The first kappa shape index (κ1) is 20.3. The zero-order valence-corrected chi connectivity index (χ0v) is 18.5. The molecule has 1 aliphatic heterocycles. The van der Waals surface area contributed by atoms with Gasteiger partial charge in [0.2, 0.25) is 5.95 Å². The van der Waals surface area contributed by atoms with Crippen molar-refractivity contribution in [2.24, 2.45) is 0 Å². The smallest absolute Gasteiger partial charge is 0.229 e. The Hall–Kier alpha value is -3.58. The molecule has 5 rings (SSSR count). The monoisotopic (exact) mass is 425 g/mol. The minimum Gasteiger partial charge on any atom is -0.338 e. The minimum atomic E-state index is 0.607. The van der Waals surface area contributed by atoms with E-state index < -0.39 is 0 Å². The van der Waals surface area contributed by atoms with Gasteiger partial charge in [0.25, 0.3) is 0 Å². The summed E-state index contributed by atoms with van der Waals surface area (Å²) >= 11 is 0. The summed E-state index contributed by atoms with van der Waals surface area (Å²) < 4.78 is 0. The van der Waals surface area contributed by atoms with Crippen LogP contribution >= 0.6 is 0 Å². The Morgan fingerprint density at radius 2 is 1.62 bits per heavy atom. The molecule has 4 aromatic rings. The van der Waals surface area contributed by atoms with E-state index >= 15 is 0 Å². The van der Waals surface area contributed by atoms with Gasteiger partial charge in [0.05, 0.1) is 0 Å². The van der Waals surface area contributed by atoms with E-state index in [-0.39, 0.29) is 0 Å². The van der Waals surface area contributed by atoms with Crippen molar-refractivity contribution in [2.45, 2.75) is 20.4 Å². The number of rotatable bonds is 5. The van der Waals surface area contributed by atoms with Crippen LogP contribution in [-0.4, -0.2) is 51.0 Å². The third kappa shape index (κ3) is 4.38. The quantitative estimate of drug-likeness (QED) is 0.516. The lowest BCUT2D eigenvalue weighted by Crippen LogP contribution is -2.46. The SMILES string of the molecule is Cc1ccc(Nc2nc(N3CCN(Cc4ccccc4)CC3)nc3nccnc23)cc1C. The number of aromatic nitrogens is 4. The van der Waals surface area contributed by atoms with Gasteiger partial charge in [-0.1, -0.05) is 36.4 Å². The molecule has 162 valence electrons. The van der Waals surface area contributed by atoms with E-state index in [9.17, 15) is 0 Å². The normalized spacial score (nSPS) is 14.6. The first-order valence-electron chi connectivity index (χ1n) is 11.0. The van der Waals surface area contributed by atoms with Crippen molar-refractivity contribution in [3.05, 3.63) is 77.6 Å². The van der Waals surface area contributed by atoms with Gasteiger partial charge in [0.1, 0.15) is 0 Å². The van der Waals surface area contributed by atoms with Crippen LogP contribution in [0.25, 0.3) is 11.2 Å². The maximum Gasteiger partial charge on any atom is 0.229 e. The number of hydrogen-bond donors (Lipinski definition) is 1. The third-order valence-corrected chi connectivity index (χ3v) is 5.99. The third-order valence-electron chi connectivity index (χ3n) is 5.99. The molecule has 32 heavy (non-hydrogen) atoms. The lowest BCUT2D eigenvalue weighted by Gasteiger charge is -2.34. The van der Waals surface area contributed by atoms with E-state index in [4.69, 9.17) is 9.97 Å². The number of nitrogens with one attached hydrogen (secondary N) is 1. The second-order valence-electron chi connectivity index (χ2n) is 8.27. The molecule has 0 spiro atoms. The molecule has 0 bridgehead atoms. The van der Waals surface area contributed by atoms with Crippen LogP contribution in [-0.2, 0) is 6.54 Å². The molecule has 2 aromatic heterocycles. The number of aryl methyl sites for hydroxylation is 2. The summed E-state index contributed by atoms with van der Waals surface area (Å²) in [4.78, 5) is 23.2. The Labute approximate surface area is 188 Å². The molecule has 0 saturated carbocycles. The second kappa shape index (κ2) is 8.88. The topological polar surface area (TPSA) is 70.1 Å². The van der Waals surface area contributed by atoms with Gasteiger partial charge < -0.3 is 10.2 Å². The van der Waals surface area contributed by atoms with Gasteiger partial charge in [0.15, 0.2) is 17.0 Å². The summed E-state index contributed by atoms with van der Waals surface area (Å²) in [5.74, 6) is 1.39. The Morgan fingerprint density at radius 3 is 2.41 bits per heavy atom. The number of fused-ring (bicyclic) bond motifs is 1. The van der Waals surface area contributed by atoms with Crippen molar-refractivity contribution in [2.75, 3.05) is 36.4 Å². The molecule has 0 atom stereocenters. The van der Waals surface area contributed by atoms with Crippen LogP contribution in [0.3, 0.4) is 0 Å². The van der Waals surface area contributed by atoms with Crippen LogP contribution in [0.2, 0.25) is 0 Å². The van der Waals surface area contributed by atoms with Gasteiger partial charge in [-0.2, -0.15) is 9.97 Å². The van der Waals surface area contributed by atoms with Crippen molar-refractivity contribution in [1.82, 2.24) is 24.8 Å². The van der Waals surface area contributed by atoms with Crippen LogP contribution in [0, 0.1) is 13.8 Å². The summed E-state index contributed by atoms with van der Waals surface area (Å²) in [5, 5.41) is 3.45. The maximum atomic E-state index is 4.86. The molecule has 1 saturated heterocycles. The number of benzene rings is 2. The zero-order valence-electron chi connectivity index (χ0n) is 18.5. The maximum absolute atomic E-state index is 4.86. The van der Waals surface area contributed by atoms with Crippen LogP contribution in [0.1, 0.15) is 16.7 Å². The van der Waals surface area contributed by atoms with Crippen LogP contribution < -0.4 is 10.2 Å². The standard InChI is InChI=1S/C25H27N7/c1-18-8-9-21(16-19(18)2)28-24-22-23(27-11-10-26-22)29-25(30-24)32-14-12-31(13-15-32)17-20-6-4-3-5-7-20/h3-11,16H,12-15,17H2,1-2H3,(H,27,28,29,30). The summed E-state index contributed by atoms with van der Waals surface area (Å²) in [7, 11) is 0. The molecule has 1 N–H and O–H groups in total. The Kier molecular flexibility index (Phi) is 5.64. The summed E-state index contributed by atoms with van der Waals surface area (Å²) in [5.41, 5.74) is 6.11. The van der Waals surface area contributed by atoms with Crippen molar-refractivity contribution < 1.29 is 0 Å². The molecule has 0 unspecified atom stereocenters. The molecule has 1 fully saturated rings. The molecule has 7 heteroatoms. The van der Waals surface area contributed by atoms with E-state index in [0.29, 0.717) is 22.9 Å². The van der Waals surface area contributed by atoms with Gasteiger partial charge in [-0.15, -0.1) is 0 Å². The minimum absolute atomic E-state index is 0.607. The molecule has 0 radical (unpaired) electrons. The van der Waals surface area contributed by atoms with Crippen molar-refractivity contribution in [1.29, 1.82) is 0 Å². The fourth-order valence-electron chi connectivity index (χ4n) is 3.98. The van der Waals surface area contributed by atoms with Crippen molar-refractivity contribution in [3.8, 4) is 0 Å². The molecular weight excluding hydrogens is 398 g/mol. The van der Waals surface area contributed by atoms with E-state index in [1.807, 2.05) is 0 Å². The fourth-order valence-corrected chi connectivity index (χ4v) is 3.98. The van der Waals surface area contributed by atoms with E-state index in [1.165, 1.54) is 16.7 Å². The Morgan fingerprint density at radius 1 is 0.844 bits per heavy atom. The molecule has 0 aliphatic carbocycles. The Balaban J connectivity index is 1.37. The highest BCUT2D eigenvalue weighted by molar-refractivity contribution is 5.85. The van der Waals surface area contributed by atoms with Crippen LogP contribution in [0.5, 0.6) is 0 Å². The first-order valence-corrected chi connectivity index (χ1v) is 11.0. The Bertz CT molecular complexity index is 1220. The van der Waals surface area contributed by atoms with Gasteiger partial charge in [0, 0.05) is 50.8 Å². The van der Waals surface area contributed by atoms with Crippen molar-refractivity contribution >= 4 is 28.6 Å². The molecule has 0 amide bonds. The highest BCUT2D eigenvalue weighted by Gasteiger charge is 2.21. The predicted octanol–water partition coefficient (Wildman–Crippen LogP) is 4.10. The lowest BCUT2D eigenvalue weighted by molar-refractivity contribution is 0.249. The largest absolute Gasteiger partial charge is 0.338 e. The molecule has 3 heterocycles. The summed E-state index contributed by atoms with van der Waals surface area (Å²) in [6.45, 7) is 8.88. The van der Waals surface area contributed by atoms with Crippen molar-refractivity contribution in [3.63, 3.8) is 0 Å². The summed E-state index contributed by atoms with van der Waals surface area (Å²) in [6, 6.07) is 16.9. The molecule has 2 aromatic carbocycles.